The molecule has 1 aromatic rings. The second kappa shape index (κ2) is 3.96. The Bertz CT molecular complexity index is 510. The van der Waals surface area contributed by atoms with E-state index in [1.165, 1.54) is 0 Å². The van der Waals surface area contributed by atoms with Gasteiger partial charge in [-0.15, -0.1) is 4.91 Å². The Kier molecular flexibility index (Phi) is 2.71. The van der Waals surface area contributed by atoms with Gasteiger partial charge in [0.25, 0.3) is 0 Å². The lowest BCUT2D eigenvalue weighted by atomic mass is 10.2. The summed E-state index contributed by atoms with van der Waals surface area (Å²) in [7, 11) is 0. The number of hydrogen-bond acceptors (Lipinski definition) is 4. The first-order valence-corrected chi connectivity index (χ1v) is 4.82. The number of carboxylic acids is 1. The van der Waals surface area contributed by atoms with E-state index in [0.29, 0.717) is 0 Å². The lowest BCUT2D eigenvalue weighted by molar-refractivity contribution is -0.147. The molecule has 0 aromatic carbocycles. The minimum absolute atomic E-state index is 0.0189. The van der Waals surface area contributed by atoms with Crippen molar-refractivity contribution in [1.29, 1.82) is 0 Å². The maximum atomic E-state index is 12.7. The molecule has 0 spiro atoms. The standard InChI is InChI=1S/C8H7F3N4O3/c9-8(10,11)7-12-5(6(16)17)4-3-14(13-18)1-2-15(4)7/h1-3H2,(H,16,17). The van der Waals surface area contributed by atoms with Crippen LogP contribution in [0.25, 0.3) is 0 Å². The lowest BCUT2D eigenvalue weighted by Crippen LogP contribution is -2.32. The Labute approximate surface area is 97.8 Å². The van der Waals surface area contributed by atoms with Crippen LogP contribution in [0.15, 0.2) is 5.29 Å². The Morgan fingerprint density at radius 2 is 2.06 bits per heavy atom. The quantitative estimate of drug-likeness (QED) is 0.808. The molecule has 98 valence electrons. The Morgan fingerprint density at radius 1 is 1.39 bits per heavy atom. The number of aromatic carboxylic acids is 1. The second-order valence-electron chi connectivity index (χ2n) is 3.66. The van der Waals surface area contributed by atoms with Crippen molar-refractivity contribution in [1.82, 2.24) is 14.6 Å². The summed E-state index contributed by atoms with van der Waals surface area (Å²) in [5.41, 5.74) is -0.864. The minimum atomic E-state index is -4.74. The Balaban J connectivity index is 2.55. The predicted octanol–water partition coefficient (Wildman–Crippen LogP) is 1.10. The zero-order valence-corrected chi connectivity index (χ0v) is 8.81. The molecule has 0 amide bonds. The predicted molar refractivity (Wildman–Crippen MR) is 50.4 cm³/mol. The summed E-state index contributed by atoms with van der Waals surface area (Å²) in [6.07, 6.45) is -4.74. The highest BCUT2D eigenvalue weighted by atomic mass is 19.4. The van der Waals surface area contributed by atoms with Gasteiger partial charge >= 0.3 is 12.1 Å². The van der Waals surface area contributed by atoms with Crippen molar-refractivity contribution in [2.75, 3.05) is 6.54 Å². The van der Waals surface area contributed by atoms with Gasteiger partial charge in [0.05, 0.1) is 24.1 Å². The smallest absolute Gasteiger partial charge is 0.449 e. The van der Waals surface area contributed by atoms with Crippen molar-refractivity contribution in [3.63, 3.8) is 0 Å². The number of carbonyl (C=O) groups is 1. The second-order valence-corrected chi connectivity index (χ2v) is 3.66. The van der Waals surface area contributed by atoms with E-state index in [1.807, 2.05) is 0 Å². The summed E-state index contributed by atoms with van der Waals surface area (Å²) in [4.78, 5) is 24.3. The van der Waals surface area contributed by atoms with Gasteiger partial charge in [-0.05, 0) is 0 Å². The van der Waals surface area contributed by atoms with Gasteiger partial charge in [0, 0.05) is 6.54 Å². The first-order chi connectivity index (χ1) is 8.34. The molecule has 18 heavy (non-hydrogen) atoms. The highest BCUT2D eigenvalue weighted by molar-refractivity contribution is 5.87. The van der Waals surface area contributed by atoms with Crippen molar-refractivity contribution < 1.29 is 23.1 Å². The molecule has 1 N–H and O–H groups in total. The van der Waals surface area contributed by atoms with Crippen molar-refractivity contribution >= 4 is 5.97 Å². The monoisotopic (exact) mass is 264 g/mol. The lowest BCUT2D eigenvalue weighted by Gasteiger charge is -2.24. The van der Waals surface area contributed by atoms with Crippen LogP contribution in [0, 0.1) is 4.91 Å². The number of nitrogens with zero attached hydrogens (tertiary/aromatic N) is 4. The molecule has 0 atom stereocenters. The van der Waals surface area contributed by atoms with Crippen molar-refractivity contribution in [3.05, 3.63) is 22.1 Å². The number of carboxylic acid groups (broad SMARTS) is 1. The molecule has 10 heteroatoms. The molecule has 2 rings (SSSR count). The van der Waals surface area contributed by atoms with Crippen LogP contribution in [0.2, 0.25) is 0 Å². The molecular weight excluding hydrogens is 257 g/mol. The maximum absolute atomic E-state index is 12.7. The van der Waals surface area contributed by atoms with E-state index in [2.05, 4.69) is 10.3 Å². The van der Waals surface area contributed by atoms with Gasteiger partial charge in [-0.1, -0.05) is 0 Å². The normalized spacial score (nSPS) is 15.4. The molecular formula is C8H7F3N4O3. The molecule has 1 aliphatic rings. The van der Waals surface area contributed by atoms with Gasteiger partial charge in [0.1, 0.15) is 0 Å². The first kappa shape index (κ1) is 12.3. The van der Waals surface area contributed by atoms with Crippen LogP contribution >= 0.6 is 0 Å². The molecule has 0 aliphatic carbocycles. The fraction of sp³-hybridized carbons (Fsp3) is 0.500. The van der Waals surface area contributed by atoms with E-state index in [0.717, 1.165) is 9.58 Å². The van der Waals surface area contributed by atoms with E-state index < -0.39 is 23.7 Å². The third-order valence-electron chi connectivity index (χ3n) is 2.56. The summed E-state index contributed by atoms with van der Waals surface area (Å²) in [5.74, 6) is -2.83. The number of rotatable bonds is 2. The minimum Gasteiger partial charge on any atom is -0.476 e. The van der Waals surface area contributed by atoms with Crippen molar-refractivity contribution in [3.8, 4) is 0 Å². The zero-order chi connectivity index (χ0) is 13.5. The number of aromatic nitrogens is 2. The Hall–Kier alpha value is -2.13. The first-order valence-electron chi connectivity index (χ1n) is 4.82. The largest absolute Gasteiger partial charge is 0.476 e. The summed E-state index contributed by atoms with van der Waals surface area (Å²) in [6.45, 7) is -0.501. The van der Waals surface area contributed by atoms with Crippen LogP contribution < -0.4 is 0 Å². The summed E-state index contributed by atoms with van der Waals surface area (Å²) in [5, 5.41) is 12.3. The van der Waals surface area contributed by atoms with Gasteiger partial charge in [0.15, 0.2) is 5.69 Å². The third-order valence-corrected chi connectivity index (χ3v) is 2.56. The number of imidazole rings is 1. The number of hydrogen-bond donors (Lipinski definition) is 1. The van der Waals surface area contributed by atoms with E-state index in [4.69, 9.17) is 5.11 Å². The van der Waals surface area contributed by atoms with Crippen molar-refractivity contribution in [2.45, 2.75) is 19.3 Å². The Morgan fingerprint density at radius 3 is 2.56 bits per heavy atom. The highest BCUT2D eigenvalue weighted by Crippen LogP contribution is 2.32. The molecule has 0 unspecified atom stereocenters. The molecule has 1 aromatic heterocycles. The van der Waals surface area contributed by atoms with Crippen molar-refractivity contribution in [2.24, 2.45) is 5.29 Å². The summed E-state index contributed by atoms with van der Waals surface area (Å²) in [6, 6.07) is 0. The van der Waals surface area contributed by atoms with Gasteiger partial charge in [-0.3, -0.25) is 5.01 Å². The van der Waals surface area contributed by atoms with Crippen LogP contribution in [-0.4, -0.2) is 32.2 Å². The van der Waals surface area contributed by atoms with E-state index in [9.17, 15) is 22.9 Å². The van der Waals surface area contributed by atoms with Gasteiger partial charge in [0.2, 0.25) is 5.82 Å². The summed E-state index contributed by atoms with van der Waals surface area (Å²) < 4.78 is 38.7. The number of fused-ring (bicyclic) bond motifs is 1. The number of alkyl halides is 3. The average molecular weight is 264 g/mol. The van der Waals surface area contributed by atoms with Gasteiger partial charge in [-0.2, -0.15) is 13.2 Å². The highest BCUT2D eigenvalue weighted by Gasteiger charge is 2.41. The van der Waals surface area contributed by atoms with Crippen LogP contribution in [0.1, 0.15) is 22.0 Å². The van der Waals surface area contributed by atoms with E-state index in [1.54, 1.807) is 0 Å². The molecule has 0 bridgehead atoms. The fourth-order valence-corrected chi connectivity index (χ4v) is 1.81. The topological polar surface area (TPSA) is 87.8 Å². The fourth-order valence-electron chi connectivity index (χ4n) is 1.81. The summed E-state index contributed by atoms with van der Waals surface area (Å²) >= 11 is 0. The molecule has 7 nitrogen and oxygen atoms in total. The van der Waals surface area contributed by atoms with Crippen LogP contribution in [-0.2, 0) is 19.3 Å². The van der Waals surface area contributed by atoms with Crippen LogP contribution in [0.3, 0.4) is 0 Å². The van der Waals surface area contributed by atoms with Crippen LogP contribution in [0.4, 0.5) is 13.2 Å². The van der Waals surface area contributed by atoms with Gasteiger partial charge in [-0.25, -0.2) is 9.78 Å². The van der Waals surface area contributed by atoms with Crippen LogP contribution in [0.5, 0.6) is 0 Å². The number of nitroso groups, excluding NO2 is 1. The molecule has 0 radical (unpaired) electrons. The SMILES string of the molecule is O=NN1CCn2c(C(F)(F)F)nc(C(=O)O)c2C1. The molecule has 2 heterocycles. The van der Waals surface area contributed by atoms with Gasteiger partial charge < -0.3 is 9.67 Å². The maximum Gasteiger partial charge on any atom is 0.449 e. The van der Waals surface area contributed by atoms with E-state index >= 15 is 0 Å². The molecule has 0 fully saturated rings. The van der Waals surface area contributed by atoms with E-state index in [-0.39, 0.29) is 25.3 Å². The molecule has 0 saturated heterocycles. The number of halogens is 3. The average Bonchev–Trinajstić information content (AvgIpc) is 2.66. The molecule has 1 aliphatic heterocycles. The molecule has 0 saturated carbocycles. The third kappa shape index (κ3) is 1.89. The zero-order valence-electron chi connectivity index (χ0n) is 8.81.